The molecule has 146 valence electrons. The number of nitrogens with one attached hydrogen (secondary N) is 2. The lowest BCUT2D eigenvalue weighted by atomic mass is 9.96. The van der Waals surface area contributed by atoms with Crippen LogP contribution in [0.2, 0.25) is 0 Å². The minimum atomic E-state index is 0. The van der Waals surface area contributed by atoms with Crippen LogP contribution in [-0.4, -0.2) is 26.2 Å². The Labute approximate surface area is 179 Å². The molecule has 2 aromatic carbocycles. The molecule has 0 radical (unpaired) electrons. The van der Waals surface area contributed by atoms with Crippen LogP contribution in [0.15, 0.2) is 59.6 Å². The maximum atomic E-state index is 5.16. The van der Waals surface area contributed by atoms with Crippen molar-refractivity contribution in [3.05, 3.63) is 71.3 Å². The smallest absolute Gasteiger partial charge is 0.191 e. The normalized spacial score (nSPS) is 15.0. The van der Waals surface area contributed by atoms with Crippen molar-refractivity contribution >= 4 is 29.9 Å². The zero-order valence-corrected chi connectivity index (χ0v) is 18.5. The van der Waals surface area contributed by atoms with Crippen LogP contribution in [0.3, 0.4) is 0 Å². The summed E-state index contributed by atoms with van der Waals surface area (Å²) in [6, 6.07) is 19.2. The fraction of sp³-hybridized carbons (Fsp3) is 0.409. The van der Waals surface area contributed by atoms with E-state index >= 15 is 0 Å². The molecule has 0 heterocycles. The third-order valence-electron chi connectivity index (χ3n) is 4.93. The molecule has 2 N–H and O–H groups in total. The van der Waals surface area contributed by atoms with Gasteiger partial charge >= 0.3 is 0 Å². The molecule has 1 fully saturated rings. The molecule has 0 amide bonds. The Balaban J connectivity index is 0.00000261. The van der Waals surface area contributed by atoms with E-state index < -0.39 is 0 Å². The van der Waals surface area contributed by atoms with Crippen molar-refractivity contribution in [3.8, 4) is 0 Å². The second kappa shape index (κ2) is 10.7. The molecule has 0 saturated heterocycles. The lowest BCUT2D eigenvalue weighted by Gasteiger charge is -2.19. The van der Waals surface area contributed by atoms with E-state index in [0.29, 0.717) is 13.2 Å². The number of halogens is 1. The van der Waals surface area contributed by atoms with Gasteiger partial charge in [0.15, 0.2) is 5.96 Å². The summed E-state index contributed by atoms with van der Waals surface area (Å²) in [5.74, 6) is 0.885. The molecule has 0 unspecified atom stereocenters. The highest BCUT2D eigenvalue weighted by Gasteiger charge is 2.43. The third-order valence-corrected chi connectivity index (χ3v) is 4.93. The number of hydrogen-bond donors (Lipinski definition) is 2. The molecule has 0 atom stereocenters. The fourth-order valence-corrected chi connectivity index (χ4v) is 3.18. The van der Waals surface area contributed by atoms with Crippen LogP contribution in [0.25, 0.3) is 0 Å². The van der Waals surface area contributed by atoms with E-state index in [1.165, 1.54) is 29.5 Å². The molecule has 3 rings (SSSR count). The number of hydrogen-bond acceptors (Lipinski definition) is 2. The summed E-state index contributed by atoms with van der Waals surface area (Å²) < 4.78 is 5.16. The van der Waals surface area contributed by atoms with Crippen LogP contribution in [0, 0.1) is 0 Å². The zero-order chi connectivity index (χ0) is 18.2. The fourth-order valence-electron chi connectivity index (χ4n) is 3.18. The largest absolute Gasteiger partial charge is 0.380 e. The van der Waals surface area contributed by atoms with E-state index in [9.17, 15) is 0 Å². The van der Waals surface area contributed by atoms with E-state index in [1.807, 2.05) is 0 Å². The van der Waals surface area contributed by atoms with E-state index in [2.05, 4.69) is 72.2 Å². The molecule has 1 aliphatic rings. The second-order valence-electron chi connectivity index (χ2n) is 6.94. The lowest BCUT2D eigenvalue weighted by molar-refractivity contribution is 0.185. The Bertz CT molecular complexity index is 712. The monoisotopic (exact) mass is 479 g/mol. The summed E-state index contributed by atoms with van der Waals surface area (Å²) in [5.41, 5.74) is 4.09. The van der Waals surface area contributed by atoms with Crippen molar-refractivity contribution < 1.29 is 4.74 Å². The quantitative estimate of drug-likeness (QED) is 0.338. The van der Waals surface area contributed by atoms with Crippen LogP contribution >= 0.6 is 24.0 Å². The third kappa shape index (κ3) is 6.21. The first-order valence-corrected chi connectivity index (χ1v) is 9.40. The minimum Gasteiger partial charge on any atom is -0.380 e. The van der Waals surface area contributed by atoms with Crippen molar-refractivity contribution in [2.45, 2.75) is 38.3 Å². The highest BCUT2D eigenvalue weighted by atomic mass is 127. The molecule has 0 aromatic heterocycles. The number of nitrogens with zero attached hydrogens (tertiary/aromatic N) is 1. The van der Waals surface area contributed by atoms with Crippen LogP contribution in [0.5, 0.6) is 0 Å². The van der Waals surface area contributed by atoms with Crippen molar-refractivity contribution in [1.82, 2.24) is 10.6 Å². The number of aliphatic imine (C=N–C) groups is 1. The first-order chi connectivity index (χ1) is 12.8. The van der Waals surface area contributed by atoms with Gasteiger partial charge in [0, 0.05) is 25.6 Å². The Morgan fingerprint density at radius 2 is 1.67 bits per heavy atom. The Kier molecular flexibility index (Phi) is 8.57. The Hall–Kier alpha value is -1.60. The zero-order valence-electron chi connectivity index (χ0n) is 16.2. The predicted molar refractivity (Wildman–Crippen MR) is 123 cm³/mol. The van der Waals surface area contributed by atoms with E-state index in [-0.39, 0.29) is 29.4 Å². The number of benzene rings is 2. The summed E-state index contributed by atoms with van der Waals surface area (Å²) in [6.07, 6.45) is 2.48. The average molecular weight is 479 g/mol. The van der Waals surface area contributed by atoms with Gasteiger partial charge in [0.05, 0.1) is 13.2 Å². The number of rotatable bonds is 8. The van der Waals surface area contributed by atoms with Gasteiger partial charge in [-0.05, 0) is 36.5 Å². The number of ether oxygens (including phenoxy) is 1. The van der Waals surface area contributed by atoms with E-state index in [4.69, 9.17) is 9.73 Å². The molecule has 1 aliphatic carbocycles. The Morgan fingerprint density at radius 1 is 1.00 bits per heavy atom. The summed E-state index contributed by atoms with van der Waals surface area (Å²) in [7, 11) is 1.72. The molecule has 27 heavy (non-hydrogen) atoms. The Morgan fingerprint density at radius 3 is 2.26 bits per heavy atom. The van der Waals surface area contributed by atoms with Gasteiger partial charge in [-0.25, -0.2) is 4.99 Å². The van der Waals surface area contributed by atoms with E-state index in [1.54, 1.807) is 7.11 Å². The van der Waals surface area contributed by atoms with Gasteiger partial charge in [0.1, 0.15) is 0 Å². The molecule has 2 aromatic rings. The predicted octanol–water partition coefficient (Wildman–Crippen LogP) is 4.24. The van der Waals surface area contributed by atoms with Crippen molar-refractivity contribution in [1.29, 1.82) is 0 Å². The van der Waals surface area contributed by atoms with Crippen LogP contribution in [0.1, 0.15) is 36.5 Å². The molecular formula is C22H30IN3O. The maximum absolute atomic E-state index is 5.16. The van der Waals surface area contributed by atoms with Crippen LogP contribution in [-0.2, 0) is 23.3 Å². The van der Waals surface area contributed by atoms with Gasteiger partial charge in [-0.3, -0.25) is 0 Å². The highest BCUT2D eigenvalue weighted by molar-refractivity contribution is 14.0. The molecule has 0 bridgehead atoms. The van der Waals surface area contributed by atoms with Gasteiger partial charge in [-0.1, -0.05) is 54.6 Å². The first kappa shape index (κ1) is 21.7. The van der Waals surface area contributed by atoms with Crippen LogP contribution < -0.4 is 10.6 Å². The second-order valence-corrected chi connectivity index (χ2v) is 6.94. The summed E-state index contributed by atoms with van der Waals surface area (Å²) in [4.78, 5) is 4.75. The molecule has 0 spiro atoms. The standard InChI is InChI=1S/C22H29N3O.HI/c1-3-23-21(24-15-18-9-11-19(12-10-18)16-26-2)25-17-22(13-14-22)20-7-5-4-6-8-20;/h4-12H,3,13-17H2,1-2H3,(H2,23,24,25);1H. The van der Waals surface area contributed by atoms with Crippen LogP contribution in [0.4, 0.5) is 0 Å². The lowest BCUT2D eigenvalue weighted by Crippen LogP contribution is -2.41. The van der Waals surface area contributed by atoms with Crippen molar-refractivity contribution in [2.24, 2.45) is 4.99 Å². The molecule has 4 nitrogen and oxygen atoms in total. The summed E-state index contributed by atoms with van der Waals surface area (Å²) in [5, 5.41) is 6.90. The number of methoxy groups -OCH3 is 1. The first-order valence-electron chi connectivity index (χ1n) is 9.40. The van der Waals surface area contributed by atoms with Crippen molar-refractivity contribution in [3.63, 3.8) is 0 Å². The highest BCUT2D eigenvalue weighted by Crippen LogP contribution is 2.47. The topological polar surface area (TPSA) is 45.7 Å². The molecular weight excluding hydrogens is 449 g/mol. The van der Waals surface area contributed by atoms with Gasteiger partial charge < -0.3 is 15.4 Å². The van der Waals surface area contributed by atoms with Gasteiger partial charge in [-0.2, -0.15) is 0 Å². The molecule has 5 heteroatoms. The van der Waals surface area contributed by atoms with Gasteiger partial charge in [0.2, 0.25) is 0 Å². The molecule has 0 aliphatic heterocycles. The summed E-state index contributed by atoms with van der Waals surface area (Å²) >= 11 is 0. The number of guanidine groups is 1. The van der Waals surface area contributed by atoms with Crippen molar-refractivity contribution in [2.75, 3.05) is 20.2 Å². The average Bonchev–Trinajstić information content (AvgIpc) is 3.47. The van der Waals surface area contributed by atoms with E-state index in [0.717, 1.165) is 19.0 Å². The maximum Gasteiger partial charge on any atom is 0.191 e. The minimum absolute atomic E-state index is 0. The summed E-state index contributed by atoms with van der Waals surface area (Å²) in [6.45, 7) is 5.20. The molecule has 1 saturated carbocycles. The SMILES string of the molecule is CCNC(=NCc1ccc(COC)cc1)NCC1(c2ccccc2)CC1.I. The van der Waals surface area contributed by atoms with Gasteiger partial charge in [-0.15, -0.1) is 24.0 Å². The van der Waals surface area contributed by atoms with Gasteiger partial charge in [0.25, 0.3) is 0 Å².